The van der Waals surface area contributed by atoms with Crippen molar-refractivity contribution in [3.63, 3.8) is 0 Å². The van der Waals surface area contributed by atoms with Crippen LogP contribution in [0.5, 0.6) is 0 Å². The van der Waals surface area contributed by atoms with Crippen molar-refractivity contribution in [2.45, 2.75) is 38.5 Å². The SMILES string of the molecule is CCNC(=NCC1(c2cccc(Br)c2)CC1)NCCCNS(=O)(=O)CC.I. The number of hydrogen-bond donors (Lipinski definition) is 3. The van der Waals surface area contributed by atoms with Gasteiger partial charge < -0.3 is 10.6 Å². The summed E-state index contributed by atoms with van der Waals surface area (Å²) in [7, 11) is -3.11. The average Bonchev–Trinajstić information content (AvgIpc) is 3.40. The van der Waals surface area contributed by atoms with Crippen molar-refractivity contribution in [3.8, 4) is 0 Å². The normalized spacial score (nSPS) is 15.7. The third-order valence-electron chi connectivity index (χ3n) is 4.52. The van der Waals surface area contributed by atoms with Crippen molar-refractivity contribution < 1.29 is 8.42 Å². The maximum atomic E-state index is 11.4. The molecule has 0 radical (unpaired) electrons. The zero-order chi connectivity index (χ0) is 19.0. The number of nitrogens with zero attached hydrogens (tertiary/aromatic N) is 1. The Morgan fingerprint density at radius 2 is 1.96 bits per heavy atom. The quantitative estimate of drug-likeness (QED) is 0.174. The predicted molar refractivity (Wildman–Crippen MR) is 127 cm³/mol. The molecule has 0 unspecified atom stereocenters. The first kappa shape index (κ1) is 24.6. The maximum Gasteiger partial charge on any atom is 0.211 e. The Balaban J connectivity index is 0.00000364. The van der Waals surface area contributed by atoms with Crippen LogP contribution < -0.4 is 15.4 Å². The smallest absolute Gasteiger partial charge is 0.211 e. The van der Waals surface area contributed by atoms with Crippen LogP contribution in [0, 0.1) is 0 Å². The minimum absolute atomic E-state index is 0. The molecule has 154 valence electrons. The molecule has 1 aromatic carbocycles. The van der Waals surface area contributed by atoms with Gasteiger partial charge in [0.2, 0.25) is 10.0 Å². The number of halogens is 2. The summed E-state index contributed by atoms with van der Waals surface area (Å²) in [6, 6.07) is 8.47. The largest absolute Gasteiger partial charge is 0.357 e. The second-order valence-electron chi connectivity index (χ2n) is 6.56. The third-order valence-corrected chi connectivity index (χ3v) is 6.42. The molecule has 27 heavy (non-hydrogen) atoms. The summed E-state index contributed by atoms with van der Waals surface area (Å²) in [6.07, 6.45) is 3.02. The molecule has 6 nitrogen and oxygen atoms in total. The summed E-state index contributed by atoms with van der Waals surface area (Å²) in [6.45, 7) is 6.31. The highest BCUT2D eigenvalue weighted by atomic mass is 127. The Morgan fingerprint density at radius 1 is 1.22 bits per heavy atom. The van der Waals surface area contributed by atoms with Gasteiger partial charge in [-0.05, 0) is 50.8 Å². The fraction of sp³-hybridized carbons (Fsp3) is 0.611. The molecule has 0 bridgehead atoms. The first-order valence-electron chi connectivity index (χ1n) is 9.16. The highest BCUT2D eigenvalue weighted by Gasteiger charge is 2.44. The van der Waals surface area contributed by atoms with Crippen molar-refractivity contribution in [1.29, 1.82) is 0 Å². The summed E-state index contributed by atoms with van der Waals surface area (Å²) in [5, 5.41) is 6.54. The molecule has 0 spiro atoms. The molecular formula is C18H30BrIN4O2S. The van der Waals surface area contributed by atoms with Gasteiger partial charge >= 0.3 is 0 Å². The van der Waals surface area contributed by atoms with E-state index in [-0.39, 0.29) is 35.1 Å². The molecule has 0 aromatic heterocycles. The molecule has 1 aromatic rings. The molecule has 0 heterocycles. The van der Waals surface area contributed by atoms with Gasteiger partial charge in [-0.1, -0.05) is 28.1 Å². The van der Waals surface area contributed by atoms with E-state index in [0.717, 1.165) is 36.4 Å². The first-order valence-corrected chi connectivity index (χ1v) is 11.6. The average molecular weight is 573 g/mol. The lowest BCUT2D eigenvalue weighted by Gasteiger charge is -2.16. The van der Waals surface area contributed by atoms with E-state index in [1.54, 1.807) is 6.92 Å². The van der Waals surface area contributed by atoms with Crippen LogP contribution in [0.3, 0.4) is 0 Å². The molecule has 0 atom stereocenters. The van der Waals surface area contributed by atoms with Gasteiger partial charge in [0.15, 0.2) is 5.96 Å². The zero-order valence-corrected chi connectivity index (χ0v) is 20.7. The number of sulfonamides is 1. The number of guanidine groups is 1. The summed E-state index contributed by atoms with van der Waals surface area (Å²) < 4.78 is 26.5. The minimum atomic E-state index is -3.11. The lowest BCUT2D eigenvalue weighted by molar-refractivity contribution is 0.579. The van der Waals surface area contributed by atoms with Gasteiger partial charge in [-0.3, -0.25) is 4.99 Å². The molecule has 3 N–H and O–H groups in total. The van der Waals surface area contributed by atoms with Crippen LogP contribution in [0.4, 0.5) is 0 Å². The van der Waals surface area contributed by atoms with Crippen molar-refractivity contribution >= 4 is 55.9 Å². The van der Waals surface area contributed by atoms with E-state index in [4.69, 9.17) is 4.99 Å². The molecule has 0 aliphatic heterocycles. The molecule has 2 rings (SSSR count). The van der Waals surface area contributed by atoms with Gasteiger partial charge in [0.05, 0.1) is 12.3 Å². The van der Waals surface area contributed by atoms with E-state index in [1.165, 1.54) is 5.56 Å². The van der Waals surface area contributed by atoms with Crippen LogP contribution in [0.15, 0.2) is 33.7 Å². The zero-order valence-electron chi connectivity index (χ0n) is 15.9. The van der Waals surface area contributed by atoms with Gasteiger partial charge in [0, 0.05) is 29.5 Å². The Labute approximate surface area is 188 Å². The van der Waals surface area contributed by atoms with Crippen molar-refractivity contribution in [2.24, 2.45) is 4.99 Å². The van der Waals surface area contributed by atoms with Crippen molar-refractivity contribution in [2.75, 3.05) is 31.9 Å². The van der Waals surface area contributed by atoms with Crippen LogP contribution >= 0.6 is 39.9 Å². The first-order chi connectivity index (χ1) is 12.4. The van der Waals surface area contributed by atoms with Crippen LogP contribution in [-0.4, -0.2) is 46.3 Å². The molecule has 1 saturated carbocycles. The van der Waals surface area contributed by atoms with Crippen LogP contribution in [-0.2, 0) is 15.4 Å². The van der Waals surface area contributed by atoms with E-state index in [0.29, 0.717) is 19.5 Å². The molecule has 1 aliphatic rings. The second-order valence-corrected chi connectivity index (χ2v) is 9.58. The number of rotatable bonds is 10. The molecule has 1 aliphatic carbocycles. The third kappa shape index (κ3) is 8.25. The lowest BCUT2D eigenvalue weighted by Crippen LogP contribution is -2.39. The Bertz CT molecular complexity index is 724. The van der Waals surface area contributed by atoms with Crippen molar-refractivity contribution in [1.82, 2.24) is 15.4 Å². The Morgan fingerprint density at radius 3 is 2.56 bits per heavy atom. The molecule has 0 saturated heterocycles. The number of nitrogens with one attached hydrogen (secondary N) is 3. The van der Waals surface area contributed by atoms with E-state index in [2.05, 4.69) is 49.5 Å². The molecule has 1 fully saturated rings. The monoisotopic (exact) mass is 572 g/mol. The Hall–Kier alpha value is -0.390. The number of benzene rings is 1. The van der Waals surface area contributed by atoms with Gasteiger partial charge in [0.1, 0.15) is 0 Å². The predicted octanol–water partition coefficient (Wildman–Crippen LogP) is 2.98. The van der Waals surface area contributed by atoms with E-state index in [1.807, 2.05) is 13.0 Å². The van der Waals surface area contributed by atoms with Crippen molar-refractivity contribution in [3.05, 3.63) is 34.3 Å². The number of aliphatic imine (C=N–C) groups is 1. The summed E-state index contributed by atoms with van der Waals surface area (Å²) in [5.41, 5.74) is 1.49. The van der Waals surface area contributed by atoms with Crippen LogP contribution in [0.2, 0.25) is 0 Å². The molecular weight excluding hydrogens is 543 g/mol. The second kappa shape index (κ2) is 11.6. The van der Waals surface area contributed by atoms with Crippen LogP contribution in [0.25, 0.3) is 0 Å². The van der Waals surface area contributed by atoms with Gasteiger partial charge in [0.25, 0.3) is 0 Å². The topological polar surface area (TPSA) is 82.6 Å². The standard InChI is InChI=1S/C18H29BrN4O2S.HI/c1-3-20-17(21-11-6-12-23-26(24,25)4-2)22-14-18(9-10-18)15-7-5-8-16(19)13-15;/h5,7-8,13,23H,3-4,6,9-12,14H2,1-2H3,(H2,20,21,22);1H. The highest BCUT2D eigenvalue weighted by molar-refractivity contribution is 14.0. The fourth-order valence-electron chi connectivity index (χ4n) is 2.70. The Kier molecular flexibility index (Phi) is 10.6. The van der Waals surface area contributed by atoms with Crippen LogP contribution in [0.1, 0.15) is 38.7 Å². The highest BCUT2D eigenvalue weighted by Crippen LogP contribution is 2.48. The maximum absolute atomic E-state index is 11.4. The number of hydrogen-bond acceptors (Lipinski definition) is 3. The molecule has 0 amide bonds. The van der Waals surface area contributed by atoms with E-state index in [9.17, 15) is 8.42 Å². The minimum Gasteiger partial charge on any atom is -0.357 e. The summed E-state index contributed by atoms with van der Waals surface area (Å²) in [5.74, 6) is 0.898. The summed E-state index contributed by atoms with van der Waals surface area (Å²) >= 11 is 3.55. The fourth-order valence-corrected chi connectivity index (χ4v) is 3.76. The van der Waals surface area contributed by atoms with Gasteiger partial charge in [-0.25, -0.2) is 13.1 Å². The van der Waals surface area contributed by atoms with E-state index >= 15 is 0 Å². The summed E-state index contributed by atoms with van der Waals surface area (Å²) in [4.78, 5) is 4.76. The molecule has 9 heteroatoms. The van der Waals surface area contributed by atoms with Gasteiger partial charge in [-0.2, -0.15) is 0 Å². The lowest BCUT2D eigenvalue weighted by atomic mass is 9.96. The van der Waals surface area contributed by atoms with Gasteiger partial charge in [-0.15, -0.1) is 24.0 Å². The van der Waals surface area contributed by atoms with E-state index < -0.39 is 10.0 Å².